The van der Waals surface area contributed by atoms with Gasteiger partial charge in [0.2, 0.25) is 0 Å². The fourth-order valence-corrected chi connectivity index (χ4v) is 4.65. The highest BCUT2D eigenvalue weighted by molar-refractivity contribution is 9.40. The van der Waals surface area contributed by atoms with Crippen molar-refractivity contribution in [2.75, 3.05) is 6.61 Å². The third-order valence-corrected chi connectivity index (χ3v) is 5.93. The first kappa shape index (κ1) is 18.3. The van der Waals surface area contributed by atoms with E-state index in [1.807, 2.05) is 62.4 Å². The van der Waals surface area contributed by atoms with Gasteiger partial charge in [0.15, 0.2) is 11.5 Å². The van der Waals surface area contributed by atoms with Crippen molar-refractivity contribution in [3.63, 3.8) is 0 Å². The van der Waals surface area contributed by atoms with Gasteiger partial charge < -0.3 is 0 Å². The Bertz CT molecular complexity index is 598. The van der Waals surface area contributed by atoms with Crippen LogP contribution in [0, 0.1) is 19.8 Å². The van der Waals surface area contributed by atoms with Crippen molar-refractivity contribution in [1.29, 1.82) is 0 Å². The maximum absolute atomic E-state index is 6.13. The zero-order chi connectivity index (χ0) is 16.9. The third-order valence-electron chi connectivity index (χ3n) is 3.16. The minimum absolute atomic E-state index is 0.382. The van der Waals surface area contributed by atoms with Gasteiger partial charge in [0.05, 0.1) is 0 Å². The molecule has 0 aromatic heterocycles. The second kappa shape index (κ2) is 8.14. The zero-order valence-corrected chi connectivity index (χ0v) is 16.4. The fraction of sp³-hybridized carbons (Fsp3) is 0.333. The molecule has 0 fully saturated rings. The minimum Gasteiger partial charge on any atom is -0.269 e. The van der Waals surface area contributed by atoms with E-state index in [1.54, 1.807) is 0 Å². The van der Waals surface area contributed by atoms with Crippen LogP contribution >= 0.6 is 22.1 Å². The highest BCUT2D eigenvalue weighted by Gasteiger charge is 2.47. The summed E-state index contributed by atoms with van der Waals surface area (Å²) in [5.74, 6) is 1.90. The number of para-hydroxylation sites is 2. The molecule has 0 atom stereocenters. The number of rotatable bonds is 7. The van der Waals surface area contributed by atoms with E-state index in [9.17, 15) is 0 Å². The molecule has 124 valence electrons. The van der Waals surface area contributed by atoms with Gasteiger partial charge in [-0.1, -0.05) is 50.2 Å². The van der Waals surface area contributed by atoms with Crippen LogP contribution < -0.4 is 9.05 Å². The Hall–Kier alpha value is -1.09. The maximum Gasteiger partial charge on any atom is 0.575 e. The molecule has 0 aliphatic carbocycles. The molecule has 0 N–H and O–H groups in total. The first-order chi connectivity index (χ1) is 10.9. The molecular weight excluding hydrogens is 375 g/mol. The summed E-state index contributed by atoms with van der Waals surface area (Å²) in [6, 6.07) is 15.7. The summed E-state index contributed by atoms with van der Waals surface area (Å²) in [5, 5.41) is 0. The van der Waals surface area contributed by atoms with E-state index in [0.717, 1.165) is 22.6 Å². The number of aryl methyl sites for hydroxylation is 2. The summed E-state index contributed by atoms with van der Waals surface area (Å²) in [7, 11) is 0. The van der Waals surface area contributed by atoms with Crippen molar-refractivity contribution < 1.29 is 13.6 Å². The van der Waals surface area contributed by atoms with E-state index in [0.29, 0.717) is 12.5 Å². The van der Waals surface area contributed by atoms with E-state index in [2.05, 4.69) is 29.3 Å². The van der Waals surface area contributed by atoms with Crippen LogP contribution in [0.5, 0.6) is 11.5 Å². The van der Waals surface area contributed by atoms with Crippen LogP contribution in [0.15, 0.2) is 48.5 Å². The molecule has 0 saturated carbocycles. The summed E-state index contributed by atoms with van der Waals surface area (Å²) in [6.07, 6.45) is 0. The van der Waals surface area contributed by atoms with Crippen molar-refractivity contribution in [1.82, 2.24) is 0 Å². The summed E-state index contributed by atoms with van der Waals surface area (Å²) in [6.45, 7) is 6.04. The van der Waals surface area contributed by atoms with E-state index >= 15 is 0 Å². The van der Waals surface area contributed by atoms with Crippen molar-refractivity contribution in [2.24, 2.45) is 5.92 Å². The molecule has 5 heteroatoms. The highest BCUT2D eigenvalue weighted by atomic mass is 79.9. The molecule has 2 rings (SSSR count). The lowest BCUT2D eigenvalue weighted by molar-refractivity contribution is 0.229. The Balaban J connectivity index is 2.24. The van der Waals surface area contributed by atoms with Gasteiger partial charge in [-0.2, -0.15) is 4.52 Å². The average Bonchev–Trinajstić information content (AvgIpc) is 2.50. The second-order valence-electron chi connectivity index (χ2n) is 5.83. The van der Waals surface area contributed by atoms with Gasteiger partial charge in [-0.25, -0.2) is 0 Å². The van der Waals surface area contributed by atoms with Crippen LogP contribution in [0.3, 0.4) is 0 Å². The first-order valence-electron chi connectivity index (χ1n) is 7.63. The number of benzene rings is 2. The Labute approximate surface area is 147 Å². The zero-order valence-electron chi connectivity index (χ0n) is 14.0. The lowest BCUT2D eigenvalue weighted by Gasteiger charge is -2.19. The van der Waals surface area contributed by atoms with Crippen LogP contribution in [0.1, 0.15) is 25.0 Å². The first-order valence-corrected chi connectivity index (χ1v) is 11.2. The van der Waals surface area contributed by atoms with Crippen molar-refractivity contribution in [3.8, 4) is 11.5 Å². The van der Waals surface area contributed by atoms with E-state index in [1.165, 1.54) is 0 Å². The Kier molecular flexibility index (Phi) is 6.46. The van der Waals surface area contributed by atoms with Crippen LogP contribution in [0.2, 0.25) is 0 Å². The lowest BCUT2D eigenvalue weighted by atomic mass is 10.2. The molecule has 0 unspecified atom stereocenters. The average molecular weight is 398 g/mol. The molecule has 3 nitrogen and oxygen atoms in total. The van der Waals surface area contributed by atoms with E-state index < -0.39 is 6.65 Å². The predicted molar refractivity (Wildman–Crippen MR) is 100 cm³/mol. The molecule has 2 aromatic rings. The quantitative estimate of drug-likeness (QED) is 0.498. The van der Waals surface area contributed by atoms with Crippen LogP contribution in [-0.4, -0.2) is 6.61 Å². The molecule has 0 spiro atoms. The third kappa shape index (κ3) is 5.49. The highest BCUT2D eigenvalue weighted by Crippen LogP contribution is 2.68. The second-order valence-corrected chi connectivity index (χ2v) is 9.92. The fourth-order valence-electron chi connectivity index (χ4n) is 1.86. The number of hydrogen-bond acceptors (Lipinski definition) is 3. The van der Waals surface area contributed by atoms with Crippen molar-refractivity contribution in [2.45, 2.75) is 27.7 Å². The van der Waals surface area contributed by atoms with Gasteiger partial charge in [-0.15, -0.1) is 0 Å². The standard InChI is InChI=1S/C18H23BrO3P/c1-14(2)13-20-23(19,21-17-11-7-5-9-15(17)3)22-18-12-8-6-10-16(18)4/h5-12,14H,13H2,1-4H3/q+1. The van der Waals surface area contributed by atoms with Gasteiger partial charge in [0.1, 0.15) is 6.61 Å². The number of halogens is 1. The minimum atomic E-state index is -2.71. The monoisotopic (exact) mass is 397 g/mol. The van der Waals surface area contributed by atoms with E-state index in [4.69, 9.17) is 13.6 Å². The Morgan fingerprint density at radius 2 is 1.30 bits per heavy atom. The largest absolute Gasteiger partial charge is 0.575 e. The molecular formula is C18H23BrO3P+. The van der Waals surface area contributed by atoms with Crippen molar-refractivity contribution in [3.05, 3.63) is 59.7 Å². The Morgan fingerprint density at radius 3 is 1.70 bits per heavy atom. The van der Waals surface area contributed by atoms with Gasteiger partial charge >= 0.3 is 6.65 Å². The molecule has 0 amide bonds. The summed E-state index contributed by atoms with van der Waals surface area (Å²) in [5.41, 5.74) is 2.08. The molecule has 0 aliphatic heterocycles. The molecule has 0 saturated heterocycles. The predicted octanol–water partition coefficient (Wildman–Crippen LogP) is 6.51. The van der Waals surface area contributed by atoms with E-state index in [-0.39, 0.29) is 0 Å². The van der Waals surface area contributed by atoms with Crippen molar-refractivity contribution >= 4 is 22.1 Å². The smallest absolute Gasteiger partial charge is 0.269 e. The van der Waals surface area contributed by atoms with Gasteiger partial charge in [-0.05, 0) is 43.0 Å². The summed E-state index contributed by atoms with van der Waals surface area (Å²) < 4.78 is 18.2. The molecule has 0 aliphatic rings. The topological polar surface area (TPSA) is 27.7 Å². The van der Waals surface area contributed by atoms with Crippen LogP contribution in [0.4, 0.5) is 0 Å². The van der Waals surface area contributed by atoms with Gasteiger partial charge in [-0.3, -0.25) is 9.05 Å². The maximum atomic E-state index is 6.13. The lowest BCUT2D eigenvalue weighted by Crippen LogP contribution is -2.11. The summed E-state index contributed by atoms with van der Waals surface area (Å²) >= 11 is 3.60. The molecule has 2 aromatic carbocycles. The molecule has 23 heavy (non-hydrogen) atoms. The van der Waals surface area contributed by atoms with Crippen LogP contribution in [0.25, 0.3) is 0 Å². The molecule has 0 heterocycles. The summed E-state index contributed by atoms with van der Waals surface area (Å²) in [4.78, 5) is 0. The normalized spacial score (nSPS) is 11.6. The SMILES string of the molecule is Cc1ccccc1O[P+](Br)(OCC(C)C)Oc1ccccc1C. The van der Waals surface area contributed by atoms with Gasteiger partial charge in [0, 0.05) is 0 Å². The number of hydrogen-bond donors (Lipinski definition) is 0. The van der Waals surface area contributed by atoms with Gasteiger partial charge in [0.25, 0.3) is 15.5 Å². The molecule has 0 bridgehead atoms. The Morgan fingerprint density at radius 1 is 0.870 bits per heavy atom. The van der Waals surface area contributed by atoms with Crippen LogP contribution in [-0.2, 0) is 4.52 Å². The molecule has 0 radical (unpaired) electrons.